The van der Waals surface area contributed by atoms with Gasteiger partial charge in [0.2, 0.25) is 10.0 Å². The first-order valence-electron chi connectivity index (χ1n) is 7.78. The molecular weight excluding hydrogens is 300 g/mol. The summed E-state index contributed by atoms with van der Waals surface area (Å²) >= 11 is 0. The summed E-state index contributed by atoms with van der Waals surface area (Å²) in [6.45, 7) is 9.61. The molecule has 22 heavy (non-hydrogen) atoms. The summed E-state index contributed by atoms with van der Waals surface area (Å²) < 4.78 is 32.7. The predicted molar refractivity (Wildman–Crippen MR) is 88.0 cm³/mol. The maximum atomic E-state index is 12.9. The van der Waals surface area contributed by atoms with Crippen molar-refractivity contribution < 1.29 is 13.2 Å². The predicted octanol–water partition coefficient (Wildman–Crippen LogP) is 2.03. The van der Waals surface area contributed by atoms with Crippen LogP contribution in [0.3, 0.4) is 0 Å². The molecule has 0 radical (unpaired) electrons. The van der Waals surface area contributed by atoms with Gasteiger partial charge < -0.3 is 9.64 Å². The summed E-state index contributed by atoms with van der Waals surface area (Å²) in [4.78, 5) is 2.72. The van der Waals surface area contributed by atoms with Gasteiger partial charge >= 0.3 is 0 Å². The lowest BCUT2D eigenvalue weighted by Gasteiger charge is -2.34. The van der Waals surface area contributed by atoms with E-state index in [1.807, 2.05) is 13.8 Å². The first-order valence-corrected chi connectivity index (χ1v) is 9.22. The van der Waals surface area contributed by atoms with Gasteiger partial charge in [-0.25, -0.2) is 8.42 Å². The van der Waals surface area contributed by atoms with Crippen molar-refractivity contribution in [2.75, 3.05) is 39.8 Å². The molecule has 0 unspecified atom stereocenters. The molecule has 0 bridgehead atoms. The van der Waals surface area contributed by atoms with Crippen molar-refractivity contribution in [1.29, 1.82) is 0 Å². The molecule has 1 aliphatic heterocycles. The van der Waals surface area contributed by atoms with Crippen LogP contribution in [0.15, 0.2) is 17.0 Å². The molecule has 5 nitrogen and oxygen atoms in total. The van der Waals surface area contributed by atoms with Crippen LogP contribution in [0.4, 0.5) is 0 Å². The Balaban J connectivity index is 2.23. The molecule has 1 fully saturated rings. The number of piperazine rings is 1. The molecule has 0 amide bonds. The van der Waals surface area contributed by atoms with Crippen LogP contribution < -0.4 is 4.74 Å². The summed E-state index contributed by atoms with van der Waals surface area (Å²) in [5, 5.41) is 0. The topological polar surface area (TPSA) is 49.9 Å². The van der Waals surface area contributed by atoms with E-state index in [-0.39, 0.29) is 0 Å². The van der Waals surface area contributed by atoms with Crippen LogP contribution in [0, 0.1) is 13.8 Å². The monoisotopic (exact) mass is 326 g/mol. The van der Waals surface area contributed by atoms with Crippen LogP contribution in [0.5, 0.6) is 5.75 Å². The number of hydrogen-bond donors (Lipinski definition) is 0. The van der Waals surface area contributed by atoms with Crippen molar-refractivity contribution in [1.82, 2.24) is 9.21 Å². The second-order valence-electron chi connectivity index (χ2n) is 5.83. The molecule has 0 saturated carbocycles. The van der Waals surface area contributed by atoms with Crippen molar-refractivity contribution >= 4 is 10.0 Å². The minimum Gasteiger partial charge on any atom is -0.496 e. The largest absolute Gasteiger partial charge is 0.496 e. The molecule has 0 aliphatic carbocycles. The van der Waals surface area contributed by atoms with Crippen molar-refractivity contribution in [3.8, 4) is 5.75 Å². The van der Waals surface area contributed by atoms with Crippen LogP contribution in [0.25, 0.3) is 0 Å². The van der Waals surface area contributed by atoms with E-state index < -0.39 is 10.0 Å². The van der Waals surface area contributed by atoms with E-state index >= 15 is 0 Å². The Morgan fingerprint density at radius 2 is 1.73 bits per heavy atom. The number of benzene rings is 1. The molecule has 1 heterocycles. The summed E-state index contributed by atoms with van der Waals surface area (Å²) in [6.07, 6.45) is 1.10. The highest BCUT2D eigenvalue weighted by atomic mass is 32.2. The average molecular weight is 326 g/mol. The maximum Gasteiger partial charge on any atom is 0.243 e. The number of ether oxygens (including phenoxy) is 1. The van der Waals surface area contributed by atoms with Gasteiger partial charge in [0, 0.05) is 26.2 Å². The van der Waals surface area contributed by atoms with E-state index in [0.717, 1.165) is 42.9 Å². The van der Waals surface area contributed by atoms with Gasteiger partial charge in [-0.3, -0.25) is 0 Å². The first kappa shape index (κ1) is 17.2. The smallest absolute Gasteiger partial charge is 0.243 e. The molecule has 0 N–H and O–H groups in total. The van der Waals surface area contributed by atoms with Crippen molar-refractivity contribution in [2.45, 2.75) is 32.1 Å². The SMILES string of the molecule is CCCN1CCN(S(=O)(=O)c2cc(C)c(OC)cc2C)CC1. The van der Waals surface area contributed by atoms with E-state index in [4.69, 9.17) is 4.74 Å². The Kier molecular flexibility index (Phi) is 5.47. The number of aryl methyl sites for hydroxylation is 2. The summed E-state index contributed by atoms with van der Waals surface area (Å²) in [5.41, 5.74) is 1.58. The zero-order valence-corrected chi connectivity index (χ0v) is 14.7. The summed E-state index contributed by atoms with van der Waals surface area (Å²) in [5.74, 6) is 0.726. The second-order valence-corrected chi connectivity index (χ2v) is 7.74. The molecule has 1 aromatic carbocycles. The number of methoxy groups -OCH3 is 1. The molecular formula is C16H26N2O3S. The Hall–Kier alpha value is -1.11. The normalized spacial score (nSPS) is 17.6. The van der Waals surface area contributed by atoms with Crippen molar-refractivity contribution in [2.24, 2.45) is 0 Å². The highest BCUT2D eigenvalue weighted by molar-refractivity contribution is 7.89. The quantitative estimate of drug-likeness (QED) is 0.831. The van der Waals surface area contributed by atoms with E-state index in [0.29, 0.717) is 18.0 Å². The van der Waals surface area contributed by atoms with E-state index in [1.165, 1.54) is 0 Å². The fourth-order valence-corrected chi connectivity index (χ4v) is 4.62. The minimum atomic E-state index is -3.43. The minimum absolute atomic E-state index is 0.398. The summed E-state index contributed by atoms with van der Waals surface area (Å²) in [6, 6.07) is 3.53. The van der Waals surface area contributed by atoms with Gasteiger partial charge in [-0.15, -0.1) is 0 Å². The highest BCUT2D eigenvalue weighted by Crippen LogP contribution is 2.28. The van der Waals surface area contributed by atoms with Gasteiger partial charge in [0.25, 0.3) is 0 Å². The molecule has 0 aromatic heterocycles. The fourth-order valence-electron chi connectivity index (χ4n) is 2.91. The van der Waals surface area contributed by atoms with Gasteiger partial charge in [0.1, 0.15) is 5.75 Å². The van der Waals surface area contributed by atoms with Crippen molar-refractivity contribution in [3.05, 3.63) is 23.3 Å². The Labute approximate surface area is 133 Å². The number of nitrogens with zero attached hydrogens (tertiary/aromatic N) is 2. The third-order valence-electron chi connectivity index (χ3n) is 4.18. The molecule has 0 spiro atoms. The Morgan fingerprint density at radius 3 is 2.27 bits per heavy atom. The van der Waals surface area contributed by atoms with Crippen molar-refractivity contribution in [3.63, 3.8) is 0 Å². The highest BCUT2D eigenvalue weighted by Gasteiger charge is 2.29. The molecule has 1 saturated heterocycles. The van der Waals surface area contributed by atoms with Gasteiger partial charge in [-0.2, -0.15) is 4.31 Å². The number of hydrogen-bond acceptors (Lipinski definition) is 4. The number of rotatable bonds is 5. The third-order valence-corrected chi connectivity index (χ3v) is 6.22. The van der Waals surface area contributed by atoms with Gasteiger partial charge in [-0.05, 0) is 50.1 Å². The van der Waals surface area contributed by atoms with Crippen LogP contribution in [-0.4, -0.2) is 57.5 Å². The van der Waals surface area contributed by atoms with E-state index in [2.05, 4.69) is 11.8 Å². The standard InChI is InChI=1S/C16H26N2O3S/c1-5-6-17-7-9-18(10-8-17)22(19,20)16-12-13(2)15(21-4)11-14(16)3/h11-12H,5-10H2,1-4H3. The molecule has 6 heteroatoms. The Bertz CT molecular complexity index is 621. The molecule has 1 aromatic rings. The van der Waals surface area contributed by atoms with Crippen LogP contribution in [-0.2, 0) is 10.0 Å². The van der Waals surface area contributed by atoms with E-state index in [1.54, 1.807) is 23.5 Å². The molecule has 124 valence electrons. The number of sulfonamides is 1. The second kappa shape index (κ2) is 6.98. The lowest BCUT2D eigenvalue weighted by Crippen LogP contribution is -2.48. The van der Waals surface area contributed by atoms with Crippen LogP contribution in [0.2, 0.25) is 0 Å². The first-order chi connectivity index (χ1) is 10.4. The van der Waals surface area contributed by atoms with Gasteiger partial charge in [0.05, 0.1) is 12.0 Å². The zero-order valence-electron chi connectivity index (χ0n) is 13.9. The maximum absolute atomic E-state index is 12.9. The molecule has 2 rings (SSSR count). The van der Waals surface area contributed by atoms with Crippen LogP contribution in [0.1, 0.15) is 24.5 Å². The lowest BCUT2D eigenvalue weighted by atomic mass is 10.1. The molecule has 0 atom stereocenters. The zero-order chi connectivity index (χ0) is 16.3. The molecule has 1 aliphatic rings. The lowest BCUT2D eigenvalue weighted by molar-refractivity contribution is 0.188. The van der Waals surface area contributed by atoms with Gasteiger partial charge in [-0.1, -0.05) is 6.92 Å². The summed E-state index contributed by atoms with van der Waals surface area (Å²) in [7, 11) is -1.83. The van der Waals surface area contributed by atoms with E-state index in [9.17, 15) is 8.42 Å². The Morgan fingerprint density at radius 1 is 1.09 bits per heavy atom. The average Bonchev–Trinajstić information content (AvgIpc) is 2.50. The van der Waals surface area contributed by atoms with Crippen LogP contribution >= 0.6 is 0 Å². The fraction of sp³-hybridized carbons (Fsp3) is 0.625. The third kappa shape index (κ3) is 3.45. The van der Waals surface area contributed by atoms with Gasteiger partial charge in [0.15, 0.2) is 0 Å².